The molecule has 1 fully saturated rings. The van der Waals surface area contributed by atoms with Gasteiger partial charge in [0.2, 0.25) is 0 Å². The molecule has 0 saturated heterocycles. The van der Waals surface area contributed by atoms with Crippen LogP contribution >= 0.6 is 0 Å². The van der Waals surface area contributed by atoms with Crippen molar-refractivity contribution in [3.8, 4) is 0 Å². The lowest BCUT2D eigenvalue weighted by Crippen LogP contribution is -2.49. The van der Waals surface area contributed by atoms with E-state index in [0.29, 0.717) is 5.92 Å². The largest absolute Gasteiger partial charge is 0.390 e. The Kier molecular flexibility index (Phi) is 4.23. The molecule has 0 radical (unpaired) electrons. The zero-order valence-electron chi connectivity index (χ0n) is 15.5. The molecule has 0 unspecified atom stereocenters. The molecule has 4 rings (SSSR count). The molecule has 1 saturated carbocycles. The maximum Gasteiger partial charge on any atom is 0.0724 e. The number of aryl methyl sites for hydroxylation is 2. The zero-order valence-corrected chi connectivity index (χ0v) is 15.5. The van der Waals surface area contributed by atoms with Gasteiger partial charge in [0.15, 0.2) is 0 Å². The van der Waals surface area contributed by atoms with Gasteiger partial charge in [-0.05, 0) is 68.4 Å². The molecule has 25 heavy (non-hydrogen) atoms. The molecule has 0 amide bonds. The van der Waals surface area contributed by atoms with Crippen LogP contribution < -0.4 is 0 Å². The molecule has 3 atom stereocenters. The van der Waals surface area contributed by atoms with Crippen molar-refractivity contribution in [2.24, 2.45) is 13.0 Å². The third-order valence-electron chi connectivity index (χ3n) is 6.84. The molecule has 1 N–H and O–H groups in total. The summed E-state index contributed by atoms with van der Waals surface area (Å²) in [6.45, 7) is 2.13. The Labute approximate surface area is 151 Å². The Morgan fingerprint density at radius 1 is 1.24 bits per heavy atom. The number of fused-ring (bicyclic) bond motifs is 3. The van der Waals surface area contributed by atoms with Crippen molar-refractivity contribution in [2.75, 3.05) is 0 Å². The number of hydrogen-bond donors (Lipinski definition) is 1. The van der Waals surface area contributed by atoms with Crippen LogP contribution in [0.4, 0.5) is 0 Å². The predicted octanol–water partition coefficient (Wildman–Crippen LogP) is 4.18. The summed E-state index contributed by atoms with van der Waals surface area (Å²) in [4.78, 5) is 0. The van der Waals surface area contributed by atoms with E-state index >= 15 is 0 Å². The lowest BCUT2D eigenvalue weighted by Gasteiger charge is -2.49. The van der Waals surface area contributed by atoms with Crippen LogP contribution in [0.2, 0.25) is 0 Å². The molecule has 0 bridgehead atoms. The monoisotopic (exact) mass is 338 g/mol. The van der Waals surface area contributed by atoms with Crippen molar-refractivity contribution < 1.29 is 5.11 Å². The highest BCUT2D eigenvalue weighted by Gasteiger charge is 2.51. The molecular weight excluding hydrogens is 308 g/mol. The van der Waals surface area contributed by atoms with Gasteiger partial charge in [0, 0.05) is 18.7 Å². The van der Waals surface area contributed by atoms with Crippen LogP contribution in [-0.2, 0) is 25.3 Å². The minimum Gasteiger partial charge on any atom is -0.390 e. The molecule has 1 heterocycles. The number of aromatic nitrogens is 2. The van der Waals surface area contributed by atoms with E-state index in [4.69, 9.17) is 5.10 Å². The highest BCUT2D eigenvalue weighted by molar-refractivity contribution is 5.34. The van der Waals surface area contributed by atoms with Crippen molar-refractivity contribution in [2.45, 2.75) is 69.3 Å². The van der Waals surface area contributed by atoms with Crippen LogP contribution in [0, 0.1) is 5.92 Å². The Morgan fingerprint density at radius 2 is 2.04 bits per heavy atom. The first kappa shape index (κ1) is 16.8. The average molecular weight is 338 g/mol. The summed E-state index contributed by atoms with van der Waals surface area (Å²) < 4.78 is 2.00. The molecule has 2 aliphatic rings. The van der Waals surface area contributed by atoms with E-state index in [1.54, 1.807) is 0 Å². The Hall–Kier alpha value is -1.61. The minimum atomic E-state index is -0.482. The third-order valence-corrected chi connectivity index (χ3v) is 6.84. The van der Waals surface area contributed by atoms with E-state index in [-0.39, 0.29) is 5.41 Å². The Morgan fingerprint density at radius 3 is 2.80 bits per heavy atom. The van der Waals surface area contributed by atoms with E-state index in [1.165, 1.54) is 29.7 Å². The number of benzene rings is 1. The van der Waals surface area contributed by atoms with Crippen LogP contribution in [-0.4, -0.2) is 20.5 Å². The summed E-state index contributed by atoms with van der Waals surface area (Å²) in [6, 6.07) is 10.9. The van der Waals surface area contributed by atoms with E-state index in [1.807, 2.05) is 11.7 Å². The van der Waals surface area contributed by atoms with Crippen LogP contribution in [0.5, 0.6) is 0 Å². The maximum absolute atomic E-state index is 11.0. The van der Waals surface area contributed by atoms with Gasteiger partial charge in [0.05, 0.1) is 11.3 Å². The molecular formula is C22H30N2O. The van der Waals surface area contributed by atoms with Gasteiger partial charge in [-0.3, -0.25) is 4.68 Å². The van der Waals surface area contributed by atoms with Gasteiger partial charge >= 0.3 is 0 Å². The standard InChI is InChI=1S/C22H30N2O/c1-3-21(25)12-13-22(14-17-8-5-4-6-9-17)19(15-21)11-7-10-18-16-24(2)23-20(18)22/h4-6,8-9,16,19,25H,3,7,10-15H2,1-2H3/t19-,21+,22-/m1/s1. The van der Waals surface area contributed by atoms with E-state index < -0.39 is 5.60 Å². The number of aliphatic hydroxyl groups is 1. The molecule has 0 spiro atoms. The SMILES string of the molecule is CC[C@]1(O)CC[C@]2(Cc3ccccc3)c3nn(C)cc3CCC[C@@H]2C1. The maximum atomic E-state index is 11.0. The third kappa shape index (κ3) is 2.93. The minimum absolute atomic E-state index is 0.0792. The smallest absolute Gasteiger partial charge is 0.0724 e. The first-order valence-corrected chi connectivity index (χ1v) is 9.84. The van der Waals surface area contributed by atoms with Crippen LogP contribution in [0.3, 0.4) is 0 Å². The van der Waals surface area contributed by atoms with Crippen LogP contribution in [0.1, 0.15) is 62.3 Å². The van der Waals surface area contributed by atoms with E-state index in [9.17, 15) is 5.11 Å². The lowest BCUT2D eigenvalue weighted by atomic mass is 9.57. The van der Waals surface area contributed by atoms with Crippen molar-refractivity contribution in [1.82, 2.24) is 9.78 Å². The summed E-state index contributed by atoms with van der Waals surface area (Å²) in [7, 11) is 2.05. The number of nitrogens with zero attached hydrogens (tertiary/aromatic N) is 2. The van der Waals surface area contributed by atoms with Crippen molar-refractivity contribution in [1.29, 1.82) is 0 Å². The molecule has 2 aromatic rings. The quantitative estimate of drug-likeness (QED) is 0.912. The predicted molar refractivity (Wildman–Crippen MR) is 101 cm³/mol. The fourth-order valence-electron chi connectivity index (χ4n) is 5.38. The topological polar surface area (TPSA) is 38.1 Å². The second kappa shape index (κ2) is 6.28. The molecule has 1 aromatic heterocycles. The van der Waals surface area contributed by atoms with Crippen LogP contribution in [0.25, 0.3) is 0 Å². The normalized spacial score (nSPS) is 31.9. The second-order valence-corrected chi connectivity index (χ2v) is 8.37. The molecule has 134 valence electrons. The van der Waals surface area contributed by atoms with Gasteiger partial charge in [0.25, 0.3) is 0 Å². The fourth-order valence-corrected chi connectivity index (χ4v) is 5.38. The number of hydrogen-bond acceptors (Lipinski definition) is 2. The molecule has 3 heteroatoms. The van der Waals surface area contributed by atoms with Crippen molar-refractivity contribution in [3.05, 3.63) is 53.3 Å². The molecule has 2 aliphatic carbocycles. The molecule has 3 nitrogen and oxygen atoms in total. The van der Waals surface area contributed by atoms with Gasteiger partial charge in [-0.2, -0.15) is 5.10 Å². The second-order valence-electron chi connectivity index (χ2n) is 8.37. The molecule has 0 aliphatic heterocycles. The number of rotatable bonds is 3. The first-order chi connectivity index (χ1) is 12.0. The van der Waals surface area contributed by atoms with Gasteiger partial charge in [-0.1, -0.05) is 37.3 Å². The van der Waals surface area contributed by atoms with Gasteiger partial charge in [-0.15, -0.1) is 0 Å². The van der Waals surface area contributed by atoms with Crippen LogP contribution in [0.15, 0.2) is 36.5 Å². The summed E-state index contributed by atoms with van der Waals surface area (Å²) in [6.07, 6.45) is 10.5. The van der Waals surface area contributed by atoms with Gasteiger partial charge < -0.3 is 5.11 Å². The summed E-state index contributed by atoms with van der Waals surface area (Å²) in [5, 5.41) is 16.0. The summed E-state index contributed by atoms with van der Waals surface area (Å²) >= 11 is 0. The fraction of sp³-hybridized carbons (Fsp3) is 0.591. The summed E-state index contributed by atoms with van der Waals surface area (Å²) in [5.41, 5.74) is 3.75. The van der Waals surface area contributed by atoms with Gasteiger partial charge in [0.1, 0.15) is 0 Å². The van der Waals surface area contributed by atoms with Crippen molar-refractivity contribution >= 4 is 0 Å². The summed E-state index contributed by atoms with van der Waals surface area (Å²) in [5.74, 6) is 0.516. The van der Waals surface area contributed by atoms with Gasteiger partial charge in [-0.25, -0.2) is 0 Å². The van der Waals surface area contributed by atoms with Crippen molar-refractivity contribution in [3.63, 3.8) is 0 Å². The average Bonchev–Trinajstić information content (AvgIpc) is 2.93. The Bertz CT molecular complexity index is 738. The molecule has 1 aromatic carbocycles. The first-order valence-electron chi connectivity index (χ1n) is 9.84. The highest BCUT2D eigenvalue weighted by Crippen LogP contribution is 2.53. The van der Waals surface area contributed by atoms with E-state index in [0.717, 1.165) is 38.5 Å². The lowest BCUT2D eigenvalue weighted by molar-refractivity contribution is -0.0507. The zero-order chi connectivity index (χ0) is 17.5. The Balaban J connectivity index is 1.80. The highest BCUT2D eigenvalue weighted by atomic mass is 16.3. The van der Waals surface area contributed by atoms with E-state index in [2.05, 4.69) is 43.5 Å².